The van der Waals surface area contributed by atoms with Crippen LogP contribution in [0.3, 0.4) is 0 Å². The average molecular weight is 494 g/mol. The number of rotatable bonds is 9. The lowest BCUT2D eigenvalue weighted by atomic mass is 10.0. The number of hydrogen-bond donors (Lipinski definition) is 1. The maximum Gasteiger partial charge on any atom is 0.407 e. The van der Waals surface area contributed by atoms with Crippen molar-refractivity contribution >= 4 is 6.09 Å². The van der Waals surface area contributed by atoms with Gasteiger partial charge in [-0.2, -0.15) is 5.10 Å². The van der Waals surface area contributed by atoms with Crippen LogP contribution in [0.25, 0.3) is 11.3 Å². The first-order valence-corrected chi connectivity index (χ1v) is 12.7. The monoisotopic (exact) mass is 493 g/mol. The number of nitrogens with zero attached hydrogens (tertiary/aromatic N) is 2. The van der Waals surface area contributed by atoms with Crippen LogP contribution in [0.15, 0.2) is 54.6 Å². The fraction of sp³-hybridized carbons (Fsp3) is 0.429. The quantitative estimate of drug-likeness (QED) is 0.444. The molecule has 1 saturated heterocycles. The Hall–Kier alpha value is -3.23. The summed E-state index contributed by atoms with van der Waals surface area (Å²) in [7, 11) is 0. The van der Waals surface area contributed by atoms with E-state index < -0.39 is 6.09 Å². The molecule has 190 valence electrons. The number of benzene rings is 2. The summed E-state index contributed by atoms with van der Waals surface area (Å²) in [4.78, 5) is 12.3. The number of hydrogen-bond acceptors (Lipinski definition) is 5. The molecular weight excluding hydrogens is 461 g/mol. The minimum Gasteiger partial charge on any atom is -0.445 e. The fourth-order valence-electron chi connectivity index (χ4n) is 5.01. The van der Waals surface area contributed by atoms with Crippen LogP contribution in [0.1, 0.15) is 48.5 Å². The van der Waals surface area contributed by atoms with Crippen molar-refractivity contribution in [2.24, 2.45) is 0 Å². The first kappa shape index (κ1) is 24.5. The van der Waals surface area contributed by atoms with Crippen LogP contribution in [0.4, 0.5) is 9.18 Å². The molecule has 0 atom stereocenters. The van der Waals surface area contributed by atoms with E-state index >= 15 is 0 Å². The number of carbonyl (C=O) groups is 1. The Bertz CT molecular complexity index is 1140. The normalized spacial score (nSPS) is 16.5. The van der Waals surface area contributed by atoms with Crippen molar-refractivity contribution < 1.29 is 23.4 Å². The van der Waals surface area contributed by atoms with Crippen molar-refractivity contribution in [3.8, 4) is 11.3 Å². The molecule has 1 aromatic heterocycles. The van der Waals surface area contributed by atoms with E-state index in [1.165, 1.54) is 25.0 Å². The highest BCUT2D eigenvalue weighted by Gasteiger charge is 2.29. The van der Waals surface area contributed by atoms with Gasteiger partial charge in [0, 0.05) is 30.5 Å². The van der Waals surface area contributed by atoms with Gasteiger partial charge in [0.15, 0.2) is 6.29 Å². The number of ether oxygens (including phenoxy) is 3. The Morgan fingerprint density at radius 3 is 2.50 bits per heavy atom. The lowest BCUT2D eigenvalue weighted by Crippen LogP contribution is -2.27. The molecule has 1 aliphatic carbocycles. The summed E-state index contributed by atoms with van der Waals surface area (Å²) in [6.45, 7) is 1.74. The lowest BCUT2D eigenvalue weighted by Gasteiger charge is -2.17. The molecule has 2 heterocycles. The Labute approximate surface area is 210 Å². The van der Waals surface area contributed by atoms with E-state index in [0.29, 0.717) is 38.6 Å². The molecule has 8 heteroatoms. The van der Waals surface area contributed by atoms with Crippen LogP contribution < -0.4 is 5.32 Å². The van der Waals surface area contributed by atoms with E-state index in [9.17, 15) is 9.18 Å². The van der Waals surface area contributed by atoms with Gasteiger partial charge in [0.1, 0.15) is 12.4 Å². The van der Waals surface area contributed by atoms with Crippen molar-refractivity contribution in [3.63, 3.8) is 0 Å². The standard InChI is InChI=1S/C28H32FN3O4/c29-22-12-10-21(11-13-22)27-24(18-26-34-16-17-35-26)25(31-32(27)23-8-4-5-9-23)14-15-30-28(33)36-19-20-6-2-1-3-7-20/h1-3,6-7,10-13,23,26H,4-5,8-9,14-19H2,(H,30,33). The summed E-state index contributed by atoms with van der Waals surface area (Å²) in [6, 6.07) is 16.5. The molecule has 1 N–H and O–H groups in total. The minimum atomic E-state index is -0.461. The van der Waals surface area contributed by atoms with Gasteiger partial charge in [-0.05, 0) is 42.7 Å². The van der Waals surface area contributed by atoms with Gasteiger partial charge in [0.05, 0.1) is 30.6 Å². The molecule has 2 fully saturated rings. The fourth-order valence-corrected chi connectivity index (χ4v) is 5.01. The molecule has 0 unspecified atom stereocenters. The first-order chi connectivity index (χ1) is 17.7. The van der Waals surface area contributed by atoms with Crippen LogP contribution in [0.2, 0.25) is 0 Å². The average Bonchev–Trinajstić information content (AvgIpc) is 3.67. The SMILES string of the molecule is O=C(NCCc1nn(C2CCCC2)c(-c2ccc(F)cc2)c1CC1OCCO1)OCc1ccccc1. The second-order valence-electron chi connectivity index (χ2n) is 9.28. The van der Waals surface area contributed by atoms with E-state index in [1.54, 1.807) is 12.1 Å². The summed E-state index contributed by atoms with van der Waals surface area (Å²) < 4.78 is 32.7. The number of amides is 1. The van der Waals surface area contributed by atoms with Gasteiger partial charge in [-0.25, -0.2) is 9.18 Å². The molecule has 2 aromatic carbocycles. The van der Waals surface area contributed by atoms with Crippen LogP contribution in [0.5, 0.6) is 0 Å². The zero-order valence-corrected chi connectivity index (χ0v) is 20.3. The van der Waals surface area contributed by atoms with Crippen molar-refractivity contribution in [1.29, 1.82) is 0 Å². The lowest BCUT2D eigenvalue weighted by molar-refractivity contribution is -0.0400. The largest absolute Gasteiger partial charge is 0.445 e. The van der Waals surface area contributed by atoms with Gasteiger partial charge >= 0.3 is 6.09 Å². The molecule has 0 bridgehead atoms. The highest BCUT2D eigenvalue weighted by atomic mass is 19.1. The third kappa shape index (κ3) is 5.94. The number of carbonyl (C=O) groups excluding carboxylic acids is 1. The van der Waals surface area contributed by atoms with Crippen molar-refractivity contribution in [2.45, 2.75) is 57.5 Å². The predicted molar refractivity (Wildman–Crippen MR) is 133 cm³/mol. The zero-order valence-electron chi connectivity index (χ0n) is 20.3. The molecule has 1 saturated carbocycles. The smallest absolute Gasteiger partial charge is 0.407 e. The summed E-state index contributed by atoms with van der Waals surface area (Å²) in [5.41, 5.74) is 4.77. The van der Waals surface area contributed by atoms with Crippen LogP contribution >= 0.6 is 0 Å². The van der Waals surface area contributed by atoms with Crippen molar-refractivity contribution in [1.82, 2.24) is 15.1 Å². The number of nitrogens with one attached hydrogen (secondary N) is 1. The molecule has 3 aromatic rings. The van der Waals surface area contributed by atoms with E-state index in [0.717, 1.165) is 40.9 Å². The van der Waals surface area contributed by atoms with E-state index in [1.807, 2.05) is 30.3 Å². The molecule has 5 rings (SSSR count). The van der Waals surface area contributed by atoms with Gasteiger partial charge in [-0.3, -0.25) is 4.68 Å². The van der Waals surface area contributed by atoms with Gasteiger partial charge in [0.25, 0.3) is 0 Å². The molecule has 36 heavy (non-hydrogen) atoms. The van der Waals surface area contributed by atoms with E-state index in [2.05, 4.69) is 10.00 Å². The third-order valence-electron chi connectivity index (χ3n) is 6.79. The Kier molecular flexibility index (Phi) is 7.93. The predicted octanol–water partition coefficient (Wildman–Crippen LogP) is 5.19. The second-order valence-corrected chi connectivity index (χ2v) is 9.28. The summed E-state index contributed by atoms with van der Waals surface area (Å²) in [5, 5.41) is 7.89. The summed E-state index contributed by atoms with van der Waals surface area (Å²) >= 11 is 0. The van der Waals surface area contributed by atoms with Gasteiger partial charge in [-0.15, -0.1) is 0 Å². The third-order valence-corrected chi connectivity index (χ3v) is 6.79. The van der Waals surface area contributed by atoms with Crippen LogP contribution in [-0.4, -0.2) is 41.9 Å². The molecule has 2 aliphatic rings. The summed E-state index contributed by atoms with van der Waals surface area (Å²) in [6.07, 6.45) is 4.75. The van der Waals surface area contributed by atoms with Crippen LogP contribution in [-0.2, 0) is 33.7 Å². The topological polar surface area (TPSA) is 74.6 Å². The molecule has 1 amide bonds. The summed E-state index contributed by atoms with van der Waals surface area (Å²) in [5.74, 6) is -0.270. The molecule has 7 nitrogen and oxygen atoms in total. The van der Waals surface area contributed by atoms with E-state index in [4.69, 9.17) is 19.3 Å². The maximum atomic E-state index is 13.7. The molecule has 0 spiro atoms. The Morgan fingerprint density at radius 1 is 1.06 bits per heavy atom. The molecule has 1 aliphatic heterocycles. The molecule has 0 radical (unpaired) electrons. The van der Waals surface area contributed by atoms with Gasteiger partial charge < -0.3 is 19.5 Å². The number of halogens is 1. The highest BCUT2D eigenvalue weighted by molar-refractivity contribution is 5.67. The maximum absolute atomic E-state index is 13.7. The van der Waals surface area contributed by atoms with Crippen molar-refractivity contribution in [2.75, 3.05) is 19.8 Å². The Balaban J connectivity index is 1.35. The minimum absolute atomic E-state index is 0.222. The number of aromatic nitrogens is 2. The first-order valence-electron chi connectivity index (χ1n) is 12.7. The zero-order chi connectivity index (χ0) is 24.7. The number of alkyl carbamates (subject to hydrolysis) is 1. The van der Waals surface area contributed by atoms with E-state index in [-0.39, 0.29) is 18.7 Å². The van der Waals surface area contributed by atoms with Crippen molar-refractivity contribution in [3.05, 3.63) is 77.2 Å². The molecular formula is C28H32FN3O4. The second kappa shape index (κ2) is 11.7. The van der Waals surface area contributed by atoms with Crippen LogP contribution in [0, 0.1) is 5.82 Å². The van der Waals surface area contributed by atoms with Gasteiger partial charge in [0.2, 0.25) is 0 Å². The Morgan fingerprint density at radius 2 is 1.78 bits per heavy atom. The van der Waals surface area contributed by atoms with Gasteiger partial charge in [-0.1, -0.05) is 43.2 Å². The highest BCUT2D eigenvalue weighted by Crippen LogP contribution is 2.37.